The number of hydrogen-bond acceptors (Lipinski definition) is 3. The molecule has 0 saturated carbocycles. The van der Waals surface area contributed by atoms with Crippen LogP contribution in [0, 0.1) is 5.41 Å². The summed E-state index contributed by atoms with van der Waals surface area (Å²) < 4.78 is 5.34. The zero-order chi connectivity index (χ0) is 16.3. The van der Waals surface area contributed by atoms with Crippen molar-refractivity contribution in [3.05, 3.63) is 29.3 Å². The maximum Gasteiger partial charge on any atom is 0.338 e. The van der Waals surface area contributed by atoms with Gasteiger partial charge in [-0.2, -0.15) is 0 Å². The quantitative estimate of drug-likeness (QED) is 0.799. The first-order valence-electron chi connectivity index (χ1n) is 7.92. The van der Waals surface area contributed by atoms with E-state index in [0.717, 1.165) is 24.1 Å². The number of benzene rings is 1. The van der Waals surface area contributed by atoms with Gasteiger partial charge >= 0.3 is 5.97 Å². The van der Waals surface area contributed by atoms with Crippen LogP contribution in [-0.2, 0) is 16.0 Å². The molecule has 0 aromatic heterocycles. The first kappa shape index (κ1) is 16.5. The number of nitrogens with zero attached hydrogens (tertiary/aromatic N) is 1. The van der Waals surface area contributed by atoms with E-state index in [2.05, 4.69) is 20.8 Å². The van der Waals surface area contributed by atoms with Crippen molar-refractivity contribution in [2.24, 2.45) is 5.41 Å². The van der Waals surface area contributed by atoms with Crippen LogP contribution in [0.1, 0.15) is 56.5 Å². The third-order valence-corrected chi connectivity index (χ3v) is 3.90. The highest BCUT2D eigenvalue weighted by Crippen LogP contribution is 2.29. The number of carbonyl (C=O) groups is 2. The summed E-state index contributed by atoms with van der Waals surface area (Å²) in [5.41, 5.74) is 2.70. The van der Waals surface area contributed by atoms with Gasteiger partial charge in [0.25, 0.3) is 0 Å². The lowest BCUT2D eigenvalue weighted by atomic mass is 9.93. The van der Waals surface area contributed by atoms with Gasteiger partial charge in [0, 0.05) is 18.7 Å². The van der Waals surface area contributed by atoms with Gasteiger partial charge in [-0.1, -0.05) is 27.7 Å². The van der Waals surface area contributed by atoms with Crippen LogP contribution in [0.4, 0.5) is 5.69 Å². The van der Waals surface area contributed by atoms with E-state index < -0.39 is 0 Å². The third-order valence-electron chi connectivity index (χ3n) is 3.90. The molecule has 0 bridgehead atoms. The van der Waals surface area contributed by atoms with Crippen LogP contribution < -0.4 is 4.90 Å². The molecule has 1 aromatic carbocycles. The van der Waals surface area contributed by atoms with E-state index in [0.29, 0.717) is 25.1 Å². The smallest absolute Gasteiger partial charge is 0.338 e. The molecule has 0 fully saturated rings. The van der Waals surface area contributed by atoms with Gasteiger partial charge in [0.15, 0.2) is 0 Å². The number of rotatable bonds is 4. The topological polar surface area (TPSA) is 46.6 Å². The fourth-order valence-corrected chi connectivity index (χ4v) is 2.51. The normalized spacial score (nSPS) is 13.9. The largest absolute Gasteiger partial charge is 0.462 e. The van der Waals surface area contributed by atoms with E-state index in [9.17, 15) is 9.59 Å². The van der Waals surface area contributed by atoms with E-state index in [1.54, 1.807) is 11.0 Å². The van der Waals surface area contributed by atoms with Gasteiger partial charge in [-0.05, 0) is 42.0 Å². The van der Waals surface area contributed by atoms with Crippen LogP contribution >= 0.6 is 0 Å². The lowest BCUT2D eigenvalue weighted by molar-refractivity contribution is -0.118. The molecule has 1 heterocycles. The molecule has 0 atom stereocenters. The van der Waals surface area contributed by atoms with Gasteiger partial charge in [-0.3, -0.25) is 4.79 Å². The second kappa shape index (κ2) is 6.51. The van der Waals surface area contributed by atoms with Crippen LogP contribution in [0.3, 0.4) is 0 Å². The van der Waals surface area contributed by atoms with Crippen LogP contribution in [0.5, 0.6) is 0 Å². The Morgan fingerprint density at radius 3 is 2.64 bits per heavy atom. The molecular formula is C18H25NO3. The minimum Gasteiger partial charge on any atom is -0.462 e. The lowest BCUT2D eigenvalue weighted by Crippen LogP contribution is -2.27. The maximum atomic E-state index is 12.1. The summed E-state index contributed by atoms with van der Waals surface area (Å²) >= 11 is 0. The zero-order valence-corrected chi connectivity index (χ0v) is 13.9. The standard InChI is InChI=1S/C18H25NO3/c1-5-16(20)19-10-8-13-12-14(6-7-15(13)19)17(21)22-11-9-18(2,3)4/h6-7,12H,5,8-11H2,1-4H3. The summed E-state index contributed by atoms with van der Waals surface area (Å²) in [7, 11) is 0. The van der Waals surface area contributed by atoms with Crippen molar-refractivity contribution >= 4 is 17.6 Å². The fraction of sp³-hybridized carbons (Fsp3) is 0.556. The minimum atomic E-state index is -0.285. The average Bonchev–Trinajstić information content (AvgIpc) is 2.87. The Kier molecular flexibility index (Phi) is 4.89. The molecule has 120 valence electrons. The fourth-order valence-electron chi connectivity index (χ4n) is 2.51. The number of fused-ring (bicyclic) bond motifs is 1. The molecular weight excluding hydrogens is 278 g/mol. The average molecular weight is 303 g/mol. The second-order valence-corrected chi connectivity index (χ2v) is 6.94. The van der Waals surface area contributed by atoms with Crippen molar-refractivity contribution in [3.63, 3.8) is 0 Å². The molecule has 4 heteroatoms. The number of hydrogen-bond donors (Lipinski definition) is 0. The SMILES string of the molecule is CCC(=O)N1CCc2cc(C(=O)OCCC(C)(C)C)ccc21. The van der Waals surface area contributed by atoms with Crippen molar-refractivity contribution in [2.45, 2.75) is 47.0 Å². The molecule has 0 N–H and O–H groups in total. The van der Waals surface area contributed by atoms with Crippen LogP contribution in [0.25, 0.3) is 0 Å². The minimum absolute atomic E-state index is 0.124. The Labute approximate surface area is 132 Å². The van der Waals surface area contributed by atoms with Crippen molar-refractivity contribution in [1.82, 2.24) is 0 Å². The molecule has 0 saturated heterocycles. The lowest BCUT2D eigenvalue weighted by Gasteiger charge is -2.18. The molecule has 0 aliphatic carbocycles. The number of anilines is 1. The summed E-state index contributed by atoms with van der Waals surface area (Å²) in [4.78, 5) is 25.8. The summed E-state index contributed by atoms with van der Waals surface area (Å²) in [5, 5.41) is 0. The highest BCUT2D eigenvalue weighted by atomic mass is 16.5. The van der Waals surface area contributed by atoms with E-state index in [1.807, 2.05) is 19.1 Å². The van der Waals surface area contributed by atoms with Crippen molar-refractivity contribution < 1.29 is 14.3 Å². The molecule has 0 unspecified atom stereocenters. The number of carbonyl (C=O) groups excluding carboxylic acids is 2. The predicted molar refractivity (Wildman–Crippen MR) is 87.1 cm³/mol. The first-order valence-corrected chi connectivity index (χ1v) is 7.92. The Hall–Kier alpha value is -1.84. The molecule has 2 rings (SSSR count). The molecule has 1 aliphatic heterocycles. The Bertz CT molecular complexity index is 572. The van der Waals surface area contributed by atoms with Crippen molar-refractivity contribution in [1.29, 1.82) is 0 Å². The van der Waals surface area contributed by atoms with E-state index in [-0.39, 0.29) is 17.3 Å². The van der Waals surface area contributed by atoms with Gasteiger partial charge in [0.1, 0.15) is 0 Å². The molecule has 0 radical (unpaired) electrons. The van der Waals surface area contributed by atoms with Crippen molar-refractivity contribution in [3.8, 4) is 0 Å². The van der Waals surface area contributed by atoms with Crippen LogP contribution in [0.2, 0.25) is 0 Å². The van der Waals surface area contributed by atoms with E-state index in [1.165, 1.54) is 0 Å². The zero-order valence-electron chi connectivity index (χ0n) is 13.9. The van der Waals surface area contributed by atoms with Gasteiger partial charge in [0.2, 0.25) is 5.91 Å². The summed E-state index contributed by atoms with van der Waals surface area (Å²) in [5.74, 6) is -0.161. The molecule has 22 heavy (non-hydrogen) atoms. The number of esters is 1. The van der Waals surface area contributed by atoms with Crippen LogP contribution in [0.15, 0.2) is 18.2 Å². The molecule has 4 nitrogen and oxygen atoms in total. The van der Waals surface area contributed by atoms with Gasteiger partial charge in [0.05, 0.1) is 12.2 Å². The van der Waals surface area contributed by atoms with E-state index >= 15 is 0 Å². The molecule has 1 aliphatic rings. The van der Waals surface area contributed by atoms with Gasteiger partial charge in [-0.15, -0.1) is 0 Å². The van der Waals surface area contributed by atoms with Crippen molar-refractivity contribution in [2.75, 3.05) is 18.1 Å². The van der Waals surface area contributed by atoms with E-state index in [4.69, 9.17) is 4.74 Å². The van der Waals surface area contributed by atoms with Crippen LogP contribution in [-0.4, -0.2) is 25.0 Å². The highest BCUT2D eigenvalue weighted by Gasteiger charge is 2.24. The maximum absolute atomic E-state index is 12.1. The Morgan fingerprint density at radius 2 is 2.00 bits per heavy atom. The molecule has 0 spiro atoms. The first-order chi connectivity index (χ1) is 10.3. The summed E-state index contributed by atoms with van der Waals surface area (Å²) in [6.07, 6.45) is 2.13. The van der Waals surface area contributed by atoms with Gasteiger partial charge < -0.3 is 9.64 Å². The Balaban J connectivity index is 2.03. The summed E-state index contributed by atoms with van der Waals surface area (Å²) in [6, 6.07) is 5.47. The monoisotopic (exact) mass is 303 g/mol. The number of amides is 1. The Morgan fingerprint density at radius 1 is 1.27 bits per heavy atom. The highest BCUT2D eigenvalue weighted by molar-refractivity contribution is 5.97. The summed E-state index contributed by atoms with van der Waals surface area (Å²) in [6.45, 7) is 9.35. The third kappa shape index (κ3) is 3.87. The predicted octanol–water partition coefficient (Wildman–Crippen LogP) is 3.58. The van der Waals surface area contributed by atoms with Gasteiger partial charge in [-0.25, -0.2) is 4.79 Å². The molecule has 1 amide bonds. The number of ether oxygens (including phenoxy) is 1. The second-order valence-electron chi connectivity index (χ2n) is 6.94. The molecule has 1 aromatic rings.